The Morgan fingerprint density at radius 1 is 1.33 bits per heavy atom. The Morgan fingerprint density at radius 2 is 2.06 bits per heavy atom. The van der Waals surface area contributed by atoms with Crippen molar-refractivity contribution in [2.45, 2.75) is 13.0 Å². The largest absolute Gasteiger partial charge is 0.497 e. The molecule has 0 radical (unpaired) electrons. The zero-order valence-electron chi connectivity index (χ0n) is 10.2. The molecule has 0 bridgehead atoms. The molecule has 1 heterocycles. The van der Waals surface area contributed by atoms with Crippen LogP contribution in [-0.2, 0) is 17.8 Å². The van der Waals surface area contributed by atoms with Crippen molar-refractivity contribution in [2.24, 2.45) is 5.73 Å². The molecule has 94 valence electrons. The number of carbonyl (C=O) groups excluding carboxylic acids is 1. The van der Waals surface area contributed by atoms with Crippen LogP contribution in [0, 0.1) is 0 Å². The number of benzene rings is 1. The van der Waals surface area contributed by atoms with Crippen molar-refractivity contribution in [3.63, 3.8) is 0 Å². The van der Waals surface area contributed by atoms with Crippen LogP contribution < -0.4 is 10.5 Å². The van der Waals surface area contributed by atoms with Gasteiger partial charge in [-0.2, -0.15) is 5.10 Å². The SMILES string of the molecule is COc1ccc(Cn2nccc2CC(N)=O)cc1. The second-order valence-electron chi connectivity index (χ2n) is 3.97. The highest BCUT2D eigenvalue weighted by Crippen LogP contribution is 2.13. The van der Waals surface area contributed by atoms with Gasteiger partial charge < -0.3 is 10.5 Å². The number of rotatable bonds is 5. The smallest absolute Gasteiger partial charge is 0.223 e. The predicted molar refractivity (Wildman–Crippen MR) is 67.2 cm³/mol. The third-order valence-electron chi connectivity index (χ3n) is 2.65. The fourth-order valence-corrected chi connectivity index (χ4v) is 1.73. The third-order valence-corrected chi connectivity index (χ3v) is 2.65. The molecule has 0 aliphatic carbocycles. The van der Waals surface area contributed by atoms with Crippen LogP contribution in [0.3, 0.4) is 0 Å². The van der Waals surface area contributed by atoms with Crippen molar-refractivity contribution in [1.82, 2.24) is 9.78 Å². The normalized spacial score (nSPS) is 10.3. The minimum atomic E-state index is -0.355. The molecule has 0 saturated carbocycles. The number of ether oxygens (including phenoxy) is 1. The van der Waals surface area contributed by atoms with Gasteiger partial charge >= 0.3 is 0 Å². The average molecular weight is 245 g/mol. The van der Waals surface area contributed by atoms with E-state index in [1.807, 2.05) is 24.3 Å². The summed E-state index contributed by atoms with van der Waals surface area (Å²) in [4.78, 5) is 10.9. The Labute approximate surface area is 105 Å². The molecule has 2 rings (SSSR count). The Kier molecular flexibility index (Phi) is 3.62. The standard InChI is InChI=1S/C13H15N3O2/c1-18-12-4-2-10(3-5-12)9-16-11(6-7-15-16)8-13(14)17/h2-7H,8-9H2,1H3,(H2,14,17). The summed E-state index contributed by atoms with van der Waals surface area (Å²) in [7, 11) is 1.63. The summed E-state index contributed by atoms with van der Waals surface area (Å²) in [6.45, 7) is 0.611. The maximum absolute atomic E-state index is 10.9. The zero-order valence-corrected chi connectivity index (χ0v) is 10.2. The summed E-state index contributed by atoms with van der Waals surface area (Å²) in [6.07, 6.45) is 1.87. The van der Waals surface area contributed by atoms with E-state index in [9.17, 15) is 4.79 Å². The molecule has 0 aliphatic heterocycles. The molecule has 1 amide bonds. The molecular formula is C13H15N3O2. The summed E-state index contributed by atoms with van der Waals surface area (Å²) in [6, 6.07) is 9.52. The lowest BCUT2D eigenvalue weighted by atomic mass is 10.2. The van der Waals surface area contributed by atoms with Crippen LogP contribution >= 0.6 is 0 Å². The monoisotopic (exact) mass is 245 g/mol. The van der Waals surface area contributed by atoms with Crippen LogP contribution in [0.25, 0.3) is 0 Å². The molecule has 0 atom stereocenters. The van der Waals surface area contributed by atoms with Crippen molar-refractivity contribution in [2.75, 3.05) is 7.11 Å². The van der Waals surface area contributed by atoms with Gasteiger partial charge in [0.2, 0.25) is 5.91 Å². The summed E-state index contributed by atoms with van der Waals surface area (Å²) in [5.74, 6) is 0.461. The highest BCUT2D eigenvalue weighted by Gasteiger charge is 2.06. The lowest BCUT2D eigenvalue weighted by Gasteiger charge is -2.07. The molecule has 5 nitrogen and oxygen atoms in total. The first kappa shape index (κ1) is 12.2. The fourth-order valence-electron chi connectivity index (χ4n) is 1.73. The van der Waals surface area contributed by atoms with Gasteiger partial charge in [-0.25, -0.2) is 0 Å². The van der Waals surface area contributed by atoms with E-state index in [-0.39, 0.29) is 12.3 Å². The van der Waals surface area contributed by atoms with Gasteiger partial charge in [-0.1, -0.05) is 12.1 Å². The van der Waals surface area contributed by atoms with E-state index < -0.39 is 0 Å². The molecule has 5 heteroatoms. The molecule has 0 aliphatic rings. The lowest BCUT2D eigenvalue weighted by molar-refractivity contribution is -0.117. The molecule has 0 saturated heterocycles. The molecule has 1 aromatic heterocycles. The Morgan fingerprint density at radius 3 is 2.67 bits per heavy atom. The zero-order chi connectivity index (χ0) is 13.0. The van der Waals surface area contributed by atoms with Gasteiger partial charge in [0, 0.05) is 11.9 Å². The first-order chi connectivity index (χ1) is 8.69. The number of amides is 1. The summed E-state index contributed by atoms with van der Waals surface area (Å²) in [5, 5.41) is 4.18. The average Bonchev–Trinajstić information content (AvgIpc) is 2.77. The predicted octanol–water partition coefficient (Wildman–Crippen LogP) is 0.968. The second kappa shape index (κ2) is 5.35. The maximum atomic E-state index is 10.9. The molecule has 18 heavy (non-hydrogen) atoms. The van der Waals surface area contributed by atoms with Crippen molar-refractivity contribution in [3.8, 4) is 5.75 Å². The van der Waals surface area contributed by atoms with E-state index in [4.69, 9.17) is 10.5 Å². The molecule has 0 unspecified atom stereocenters. The van der Waals surface area contributed by atoms with E-state index in [1.165, 1.54) is 0 Å². The van der Waals surface area contributed by atoms with Crippen LogP contribution in [0.2, 0.25) is 0 Å². The second-order valence-corrected chi connectivity index (χ2v) is 3.97. The summed E-state index contributed by atoms with van der Waals surface area (Å²) in [5.41, 5.74) is 7.09. The Hall–Kier alpha value is -2.30. The minimum absolute atomic E-state index is 0.205. The van der Waals surface area contributed by atoms with Crippen molar-refractivity contribution in [3.05, 3.63) is 47.8 Å². The van der Waals surface area contributed by atoms with Crippen LogP contribution in [0.1, 0.15) is 11.3 Å². The number of aromatic nitrogens is 2. The molecule has 0 spiro atoms. The van der Waals surface area contributed by atoms with Gasteiger partial charge in [0.1, 0.15) is 5.75 Å². The first-order valence-corrected chi connectivity index (χ1v) is 5.61. The fraction of sp³-hybridized carbons (Fsp3) is 0.231. The van der Waals surface area contributed by atoms with E-state index >= 15 is 0 Å². The van der Waals surface area contributed by atoms with Crippen LogP contribution in [-0.4, -0.2) is 22.8 Å². The van der Waals surface area contributed by atoms with E-state index in [0.29, 0.717) is 6.54 Å². The van der Waals surface area contributed by atoms with Gasteiger partial charge in [0.25, 0.3) is 0 Å². The number of hydrogen-bond donors (Lipinski definition) is 1. The number of methoxy groups -OCH3 is 1. The number of hydrogen-bond acceptors (Lipinski definition) is 3. The van der Waals surface area contributed by atoms with Gasteiger partial charge in [-0.3, -0.25) is 9.48 Å². The Bertz CT molecular complexity index is 531. The number of nitrogens with zero attached hydrogens (tertiary/aromatic N) is 2. The number of carbonyl (C=O) groups is 1. The van der Waals surface area contributed by atoms with E-state index in [0.717, 1.165) is 17.0 Å². The van der Waals surface area contributed by atoms with Gasteiger partial charge in [-0.05, 0) is 23.8 Å². The van der Waals surface area contributed by atoms with Crippen molar-refractivity contribution >= 4 is 5.91 Å². The highest BCUT2D eigenvalue weighted by atomic mass is 16.5. The van der Waals surface area contributed by atoms with E-state index in [2.05, 4.69) is 5.10 Å². The topological polar surface area (TPSA) is 70.1 Å². The van der Waals surface area contributed by atoms with Crippen molar-refractivity contribution in [1.29, 1.82) is 0 Å². The quantitative estimate of drug-likeness (QED) is 0.853. The number of primary amides is 1. The Balaban J connectivity index is 2.12. The van der Waals surface area contributed by atoms with Crippen molar-refractivity contribution < 1.29 is 9.53 Å². The first-order valence-electron chi connectivity index (χ1n) is 5.61. The maximum Gasteiger partial charge on any atom is 0.223 e. The minimum Gasteiger partial charge on any atom is -0.497 e. The molecule has 0 fully saturated rings. The van der Waals surface area contributed by atoms with Gasteiger partial charge in [0.15, 0.2) is 0 Å². The highest BCUT2D eigenvalue weighted by molar-refractivity contribution is 5.76. The summed E-state index contributed by atoms with van der Waals surface area (Å²) < 4.78 is 6.87. The van der Waals surface area contributed by atoms with E-state index in [1.54, 1.807) is 24.1 Å². The van der Waals surface area contributed by atoms with Gasteiger partial charge in [-0.15, -0.1) is 0 Å². The van der Waals surface area contributed by atoms with Crippen LogP contribution in [0.15, 0.2) is 36.5 Å². The van der Waals surface area contributed by atoms with Crippen LogP contribution in [0.5, 0.6) is 5.75 Å². The molecule has 2 N–H and O–H groups in total. The third kappa shape index (κ3) is 2.88. The molecule has 1 aromatic carbocycles. The molecular weight excluding hydrogens is 230 g/mol. The van der Waals surface area contributed by atoms with Crippen LogP contribution in [0.4, 0.5) is 0 Å². The molecule has 2 aromatic rings. The lowest BCUT2D eigenvalue weighted by Crippen LogP contribution is -2.17. The number of nitrogens with two attached hydrogens (primary N) is 1. The van der Waals surface area contributed by atoms with Gasteiger partial charge in [0.05, 0.1) is 20.1 Å². The summed E-state index contributed by atoms with van der Waals surface area (Å²) >= 11 is 0.